The van der Waals surface area contributed by atoms with Gasteiger partial charge in [0.15, 0.2) is 0 Å². The number of nitrogens with zero attached hydrogens (tertiary/aromatic N) is 1. The van der Waals surface area contributed by atoms with E-state index in [9.17, 15) is 14.4 Å². The molecule has 0 saturated carbocycles. The number of hydrogen-bond donors (Lipinski definition) is 1. The van der Waals surface area contributed by atoms with Gasteiger partial charge < -0.3 is 5.32 Å². The molecule has 2 aromatic carbocycles. The predicted molar refractivity (Wildman–Crippen MR) is 99.7 cm³/mol. The number of carbonyl (C=O) groups is 3. The van der Waals surface area contributed by atoms with Gasteiger partial charge in [-0.2, -0.15) is 0 Å². The highest BCUT2D eigenvalue weighted by Crippen LogP contribution is 2.31. The summed E-state index contributed by atoms with van der Waals surface area (Å²) in [5, 5.41) is 3.14. The van der Waals surface area contributed by atoms with Crippen molar-refractivity contribution in [2.45, 2.75) is 12.8 Å². The van der Waals surface area contributed by atoms with Crippen LogP contribution in [0.25, 0.3) is 0 Å². The molecule has 0 radical (unpaired) electrons. The molecule has 26 heavy (non-hydrogen) atoms. The van der Waals surface area contributed by atoms with E-state index >= 15 is 0 Å². The van der Waals surface area contributed by atoms with Gasteiger partial charge in [-0.1, -0.05) is 60.5 Å². The first-order chi connectivity index (χ1) is 12.4. The fourth-order valence-electron chi connectivity index (χ4n) is 2.79. The summed E-state index contributed by atoms with van der Waals surface area (Å²) in [6.45, 7) is 2.05. The zero-order valence-electron chi connectivity index (χ0n) is 14.0. The molecule has 3 amide bonds. The second kappa shape index (κ2) is 7.48. The normalized spacial score (nSPS) is 14.3. The fraction of sp³-hybridized carbons (Fsp3) is 0.211. The molecule has 0 aromatic heterocycles. The minimum Gasteiger partial charge on any atom is -0.354 e. The van der Waals surface area contributed by atoms with Gasteiger partial charge in [0.05, 0.1) is 21.2 Å². The van der Waals surface area contributed by atoms with Gasteiger partial charge in [0, 0.05) is 6.54 Å². The lowest BCUT2D eigenvalue weighted by atomic mass is 10.0. The Balaban J connectivity index is 1.63. The number of fused-ring (bicyclic) bond motifs is 1. The van der Waals surface area contributed by atoms with Crippen molar-refractivity contribution in [3.05, 3.63) is 69.2 Å². The van der Waals surface area contributed by atoms with E-state index in [-0.39, 0.29) is 33.6 Å². The Bertz CT molecular complexity index is 843. The molecular formula is C19H16Cl2N2O3. The summed E-state index contributed by atoms with van der Waals surface area (Å²) in [5.74, 6) is -1.39. The van der Waals surface area contributed by atoms with Crippen LogP contribution in [0, 0.1) is 0 Å². The maximum atomic E-state index is 12.4. The molecule has 7 heteroatoms. The molecule has 0 fully saturated rings. The third kappa shape index (κ3) is 3.59. The molecule has 5 nitrogen and oxygen atoms in total. The lowest BCUT2D eigenvalue weighted by Crippen LogP contribution is -2.41. The van der Waals surface area contributed by atoms with E-state index in [1.807, 2.05) is 37.3 Å². The van der Waals surface area contributed by atoms with Crippen molar-refractivity contribution < 1.29 is 14.4 Å². The van der Waals surface area contributed by atoms with E-state index in [1.54, 1.807) is 0 Å². The van der Waals surface area contributed by atoms with Gasteiger partial charge in [0.1, 0.15) is 6.54 Å². The molecule has 1 aliphatic rings. The summed E-state index contributed by atoms with van der Waals surface area (Å²) in [6.07, 6.45) is 0. The Morgan fingerprint density at radius 1 is 1.04 bits per heavy atom. The minimum absolute atomic E-state index is 0.111. The van der Waals surface area contributed by atoms with Gasteiger partial charge in [-0.05, 0) is 23.6 Å². The molecule has 1 atom stereocenters. The Morgan fingerprint density at radius 2 is 1.58 bits per heavy atom. The van der Waals surface area contributed by atoms with Crippen LogP contribution in [0.5, 0.6) is 0 Å². The van der Waals surface area contributed by atoms with Crippen LogP contribution in [0.15, 0.2) is 42.5 Å². The summed E-state index contributed by atoms with van der Waals surface area (Å²) in [6, 6.07) is 12.5. The van der Waals surface area contributed by atoms with Crippen molar-refractivity contribution >= 4 is 40.9 Å². The smallest absolute Gasteiger partial charge is 0.262 e. The SMILES string of the molecule is C[C@H](CNC(=O)CN1C(=O)c2cc(Cl)c(Cl)cc2C1=O)c1ccccc1. The van der Waals surface area contributed by atoms with Crippen LogP contribution >= 0.6 is 23.2 Å². The zero-order chi connectivity index (χ0) is 18.8. The molecule has 0 unspecified atom stereocenters. The lowest BCUT2D eigenvalue weighted by Gasteiger charge is -2.16. The van der Waals surface area contributed by atoms with Crippen LogP contribution in [0.3, 0.4) is 0 Å². The number of benzene rings is 2. The molecule has 134 valence electrons. The first-order valence-corrected chi connectivity index (χ1v) is 8.81. The van der Waals surface area contributed by atoms with Crippen molar-refractivity contribution in [1.29, 1.82) is 0 Å². The Kier molecular flexibility index (Phi) is 5.30. The molecule has 2 aromatic rings. The van der Waals surface area contributed by atoms with Gasteiger partial charge in [-0.15, -0.1) is 0 Å². The molecule has 0 spiro atoms. The van der Waals surface area contributed by atoms with Crippen LogP contribution in [-0.4, -0.2) is 35.7 Å². The van der Waals surface area contributed by atoms with Gasteiger partial charge in [-0.25, -0.2) is 0 Å². The van der Waals surface area contributed by atoms with E-state index in [4.69, 9.17) is 23.2 Å². The largest absolute Gasteiger partial charge is 0.354 e. The summed E-state index contributed by atoms with van der Waals surface area (Å²) in [4.78, 5) is 37.9. The highest BCUT2D eigenvalue weighted by Gasteiger charge is 2.37. The molecule has 0 bridgehead atoms. The van der Waals surface area contributed by atoms with Crippen molar-refractivity contribution in [1.82, 2.24) is 10.2 Å². The van der Waals surface area contributed by atoms with Crippen LogP contribution in [0.4, 0.5) is 0 Å². The Hall–Kier alpha value is -2.37. The zero-order valence-corrected chi connectivity index (χ0v) is 15.5. The van der Waals surface area contributed by atoms with Gasteiger partial charge in [0.2, 0.25) is 5.91 Å². The molecule has 0 saturated heterocycles. The number of hydrogen-bond acceptors (Lipinski definition) is 3. The minimum atomic E-state index is -0.546. The number of carbonyl (C=O) groups excluding carboxylic acids is 3. The van der Waals surface area contributed by atoms with E-state index in [0.29, 0.717) is 6.54 Å². The molecular weight excluding hydrogens is 375 g/mol. The number of nitrogens with one attached hydrogen (secondary N) is 1. The predicted octanol–water partition coefficient (Wildman–Crippen LogP) is 3.51. The summed E-state index contributed by atoms with van der Waals surface area (Å²) < 4.78 is 0. The fourth-order valence-corrected chi connectivity index (χ4v) is 3.12. The Morgan fingerprint density at radius 3 is 2.12 bits per heavy atom. The average molecular weight is 391 g/mol. The first-order valence-electron chi connectivity index (χ1n) is 8.05. The van der Waals surface area contributed by atoms with Gasteiger partial charge in [0.25, 0.3) is 11.8 Å². The molecule has 3 rings (SSSR count). The van der Waals surface area contributed by atoms with E-state index in [2.05, 4.69) is 5.32 Å². The number of rotatable bonds is 5. The first kappa shape index (κ1) is 18.4. The van der Waals surface area contributed by atoms with E-state index in [0.717, 1.165) is 10.5 Å². The summed E-state index contributed by atoms with van der Waals surface area (Å²) in [7, 11) is 0. The van der Waals surface area contributed by atoms with Crippen LogP contribution in [0.1, 0.15) is 39.1 Å². The van der Waals surface area contributed by atoms with Crippen LogP contribution < -0.4 is 5.32 Å². The highest BCUT2D eigenvalue weighted by molar-refractivity contribution is 6.43. The standard InChI is InChI=1S/C19H16Cl2N2O3/c1-11(12-5-3-2-4-6-12)9-22-17(24)10-23-18(25)13-7-15(20)16(21)8-14(13)19(23)26/h2-8,11H,9-10H2,1H3,(H,22,24)/t11-/m1/s1. The maximum absolute atomic E-state index is 12.4. The Labute approximate surface area is 160 Å². The monoisotopic (exact) mass is 390 g/mol. The van der Waals surface area contributed by atoms with Crippen molar-refractivity contribution in [2.75, 3.05) is 13.1 Å². The highest BCUT2D eigenvalue weighted by atomic mass is 35.5. The van der Waals surface area contributed by atoms with Crippen LogP contribution in [0.2, 0.25) is 10.0 Å². The second-order valence-corrected chi connectivity index (χ2v) is 6.94. The summed E-state index contributed by atoms with van der Waals surface area (Å²) >= 11 is 11.8. The number of halogens is 2. The summed E-state index contributed by atoms with van der Waals surface area (Å²) in [5.41, 5.74) is 1.42. The lowest BCUT2D eigenvalue weighted by molar-refractivity contribution is -0.121. The van der Waals surface area contributed by atoms with Crippen molar-refractivity contribution in [2.24, 2.45) is 0 Å². The average Bonchev–Trinajstić information content (AvgIpc) is 2.85. The third-order valence-corrected chi connectivity index (χ3v) is 5.01. The maximum Gasteiger partial charge on any atom is 0.262 e. The topological polar surface area (TPSA) is 66.5 Å². The van der Waals surface area contributed by atoms with Crippen molar-refractivity contribution in [3.8, 4) is 0 Å². The number of amides is 3. The van der Waals surface area contributed by atoms with Gasteiger partial charge in [-0.3, -0.25) is 19.3 Å². The third-order valence-electron chi connectivity index (χ3n) is 4.29. The molecule has 1 aliphatic heterocycles. The molecule has 1 heterocycles. The molecule has 1 N–H and O–H groups in total. The van der Waals surface area contributed by atoms with Crippen LogP contribution in [-0.2, 0) is 4.79 Å². The van der Waals surface area contributed by atoms with Gasteiger partial charge >= 0.3 is 0 Å². The van der Waals surface area contributed by atoms with E-state index < -0.39 is 17.7 Å². The van der Waals surface area contributed by atoms with E-state index in [1.165, 1.54) is 12.1 Å². The number of imide groups is 1. The molecule has 0 aliphatic carbocycles. The quantitative estimate of drug-likeness (QED) is 0.794. The van der Waals surface area contributed by atoms with Crippen molar-refractivity contribution in [3.63, 3.8) is 0 Å². The second-order valence-electron chi connectivity index (χ2n) is 6.12.